The molecule has 8 heteroatoms. The average molecular weight is 395 g/mol. The summed E-state index contributed by atoms with van der Waals surface area (Å²) in [6.07, 6.45) is 1.57. The lowest BCUT2D eigenvalue weighted by Crippen LogP contribution is -2.19. The number of amidine groups is 1. The summed E-state index contributed by atoms with van der Waals surface area (Å²) in [6.45, 7) is 0. The Morgan fingerprint density at radius 1 is 1.24 bits per heavy atom. The van der Waals surface area contributed by atoms with Crippen LogP contribution in [0.1, 0.15) is 5.56 Å². The SMILES string of the molecule is COc1cccc(/C=C2/SC(=Nc3cccc(Cl)c3Cl)NC2=O)c1O. The highest BCUT2D eigenvalue weighted by atomic mass is 35.5. The van der Waals surface area contributed by atoms with Crippen LogP contribution in [0.25, 0.3) is 6.08 Å². The van der Waals surface area contributed by atoms with Gasteiger partial charge in [0.05, 0.1) is 27.7 Å². The van der Waals surface area contributed by atoms with Crippen LogP contribution in [0.3, 0.4) is 0 Å². The van der Waals surface area contributed by atoms with E-state index in [1.807, 2.05) is 0 Å². The van der Waals surface area contributed by atoms with Crippen molar-refractivity contribution in [3.05, 3.63) is 56.9 Å². The number of nitrogens with one attached hydrogen (secondary N) is 1. The van der Waals surface area contributed by atoms with Crippen molar-refractivity contribution in [2.45, 2.75) is 0 Å². The number of hydrogen-bond donors (Lipinski definition) is 2. The van der Waals surface area contributed by atoms with Crippen LogP contribution in [0, 0.1) is 0 Å². The van der Waals surface area contributed by atoms with Crippen molar-refractivity contribution in [2.24, 2.45) is 4.99 Å². The van der Waals surface area contributed by atoms with Crippen LogP contribution in [0.2, 0.25) is 10.0 Å². The molecule has 1 fully saturated rings. The summed E-state index contributed by atoms with van der Waals surface area (Å²) in [6, 6.07) is 10.1. The third-order valence-electron chi connectivity index (χ3n) is 3.34. The Morgan fingerprint density at radius 2 is 2.00 bits per heavy atom. The first-order valence-corrected chi connectivity index (χ1v) is 8.66. The van der Waals surface area contributed by atoms with E-state index in [0.717, 1.165) is 11.8 Å². The standard InChI is InChI=1S/C17H12Cl2N2O3S/c1-24-12-7-2-4-9(15(12)22)8-13-16(23)21-17(25-13)20-11-6-3-5-10(18)14(11)19/h2-8,22H,1H3,(H,20,21,23)/b13-8+. The molecule has 3 rings (SSSR count). The number of ether oxygens (including phenoxy) is 1. The monoisotopic (exact) mass is 394 g/mol. The Labute approximate surface area is 158 Å². The molecule has 1 aliphatic heterocycles. The quantitative estimate of drug-likeness (QED) is 0.746. The number of amides is 1. The smallest absolute Gasteiger partial charge is 0.264 e. The second kappa shape index (κ2) is 7.39. The lowest BCUT2D eigenvalue weighted by atomic mass is 10.1. The zero-order valence-corrected chi connectivity index (χ0v) is 15.2. The summed E-state index contributed by atoms with van der Waals surface area (Å²) in [5.41, 5.74) is 0.932. The molecule has 0 atom stereocenters. The van der Waals surface area contributed by atoms with E-state index < -0.39 is 0 Å². The van der Waals surface area contributed by atoms with Crippen molar-refractivity contribution >= 4 is 57.8 Å². The molecule has 0 aromatic heterocycles. The highest BCUT2D eigenvalue weighted by Gasteiger charge is 2.24. The number of carbonyl (C=O) groups is 1. The van der Waals surface area contributed by atoms with Gasteiger partial charge in [0, 0.05) is 5.56 Å². The molecule has 1 saturated heterocycles. The van der Waals surface area contributed by atoms with Crippen LogP contribution < -0.4 is 10.1 Å². The molecule has 0 spiro atoms. The van der Waals surface area contributed by atoms with Gasteiger partial charge in [-0.15, -0.1) is 0 Å². The molecule has 0 radical (unpaired) electrons. The number of para-hydroxylation sites is 1. The summed E-state index contributed by atoms with van der Waals surface area (Å²) in [5.74, 6) is -0.0179. The number of benzene rings is 2. The maximum absolute atomic E-state index is 12.1. The average Bonchev–Trinajstić information content (AvgIpc) is 2.93. The molecule has 5 nitrogen and oxygen atoms in total. The third kappa shape index (κ3) is 3.76. The number of rotatable bonds is 3. The molecule has 1 heterocycles. The maximum atomic E-state index is 12.1. The van der Waals surface area contributed by atoms with Crippen LogP contribution in [-0.2, 0) is 4.79 Å². The predicted molar refractivity (Wildman–Crippen MR) is 102 cm³/mol. The molecule has 0 aliphatic carbocycles. The fourth-order valence-electron chi connectivity index (χ4n) is 2.13. The number of thioether (sulfide) groups is 1. The second-order valence-corrected chi connectivity index (χ2v) is 6.77. The highest BCUT2D eigenvalue weighted by Crippen LogP contribution is 2.36. The summed E-state index contributed by atoms with van der Waals surface area (Å²) >= 11 is 13.2. The Balaban J connectivity index is 1.90. The molecule has 1 amide bonds. The van der Waals surface area contributed by atoms with Crippen molar-refractivity contribution < 1.29 is 14.6 Å². The van der Waals surface area contributed by atoms with Gasteiger partial charge >= 0.3 is 0 Å². The molecule has 1 aliphatic rings. The highest BCUT2D eigenvalue weighted by molar-refractivity contribution is 8.18. The Morgan fingerprint density at radius 3 is 2.76 bits per heavy atom. The first-order valence-electron chi connectivity index (χ1n) is 7.09. The van der Waals surface area contributed by atoms with Gasteiger partial charge in [0.15, 0.2) is 16.7 Å². The van der Waals surface area contributed by atoms with E-state index in [4.69, 9.17) is 27.9 Å². The van der Waals surface area contributed by atoms with Gasteiger partial charge in [0.25, 0.3) is 5.91 Å². The zero-order valence-electron chi connectivity index (χ0n) is 12.9. The summed E-state index contributed by atoms with van der Waals surface area (Å²) in [4.78, 5) is 16.9. The Kier molecular flexibility index (Phi) is 5.22. The maximum Gasteiger partial charge on any atom is 0.264 e. The van der Waals surface area contributed by atoms with E-state index in [1.54, 1.807) is 42.5 Å². The van der Waals surface area contributed by atoms with Gasteiger partial charge in [-0.1, -0.05) is 41.4 Å². The number of hydrogen-bond acceptors (Lipinski definition) is 5. The van der Waals surface area contributed by atoms with E-state index in [0.29, 0.717) is 37.1 Å². The van der Waals surface area contributed by atoms with Crippen LogP contribution >= 0.6 is 35.0 Å². The van der Waals surface area contributed by atoms with E-state index in [9.17, 15) is 9.90 Å². The minimum Gasteiger partial charge on any atom is -0.504 e. The number of aliphatic imine (C=N–C) groups is 1. The fourth-order valence-corrected chi connectivity index (χ4v) is 3.29. The van der Waals surface area contributed by atoms with E-state index >= 15 is 0 Å². The number of phenols is 1. The summed E-state index contributed by atoms with van der Waals surface area (Å²) < 4.78 is 5.06. The van der Waals surface area contributed by atoms with Crippen LogP contribution in [0.15, 0.2) is 46.3 Å². The number of methoxy groups -OCH3 is 1. The number of halogens is 2. The molecular weight excluding hydrogens is 383 g/mol. The Bertz CT molecular complexity index is 913. The van der Waals surface area contributed by atoms with Gasteiger partial charge in [0.2, 0.25) is 0 Å². The first kappa shape index (κ1) is 17.7. The van der Waals surface area contributed by atoms with Gasteiger partial charge in [0.1, 0.15) is 0 Å². The number of nitrogens with zero attached hydrogens (tertiary/aromatic N) is 1. The Hall–Kier alpha value is -2.15. The minimum atomic E-state index is -0.316. The van der Waals surface area contributed by atoms with Crippen molar-refractivity contribution in [2.75, 3.05) is 7.11 Å². The molecule has 0 bridgehead atoms. The van der Waals surface area contributed by atoms with Gasteiger partial charge in [-0.3, -0.25) is 4.79 Å². The van der Waals surface area contributed by atoms with Gasteiger partial charge in [-0.05, 0) is 36.0 Å². The van der Waals surface area contributed by atoms with Crippen molar-refractivity contribution in [1.82, 2.24) is 5.32 Å². The van der Waals surface area contributed by atoms with Gasteiger partial charge in [-0.2, -0.15) is 0 Å². The molecule has 2 aromatic carbocycles. The molecule has 25 heavy (non-hydrogen) atoms. The number of aromatic hydroxyl groups is 1. The third-order valence-corrected chi connectivity index (χ3v) is 5.06. The van der Waals surface area contributed by atoms with Crippen LogP contribution in [-0.4, -0.2) is 23.3 Å². The second-order valence-electron chi connectivity index (χ2n) is 4.95. The van der Waals surface area contributed by atoms with Crippen molar-refractivity contribution in [3.63, 3.8) is 0 Å². The molecular formula is C17H12Cl2N2O3S. The van der Waals surface area contributed by atoms with E-state index in [2.05, 4.69) is 10.3 Å². The van der Waals surface area contributed by atoms with Crippen molar-refractivity contribution in [3.8, 4) is 11.5 Å². The lowest BCUT2D eigenvalue weighted by Gasteiger charge is -2.05. The molecule has 2 aromatic rings. The largest absolute Gasteiger partial charge is 0.504 e. The lowest BCUT2D eigenvalue weighted by molar-refractivity contribution is -0.115. The number of carbonyl (C=O) groups excluding carboxylic acids is 1. The molecule has 0 saturated carbocycles. The van der Waals surface area contributed by atoms with E-state index in [1.165, 1.54) is 7.11 Å². The number of phenolic OH excluding ortho intramolecular Hbond substituents is 1. The van der Waals surface area contributed by atoms with E-state index in [-0.39, 0.29) is 11.7 Å². The van der Waals surface area contributed by atoms with Crippen LogP contribution in [0.4, 0.5) is 5.69 Å². The first-order chi connectivity index (χ1) is 12.0. The van der Waals surface area contributed by atoms with Crippen LogP contribution in [0.5, 0.6) is 11.5 Å². The van der Waals surface area contributed by atoms with Gasteiger partial charge < -0.3 is 15.2 Å². The predicted octanol–water partition coefficient (Wildman–Crippen LogP) is 4.60. The molecule has 2 N–H and O–H groups in total. The van der Waals surface area contributed by atoms with Gasteiger partial charge in [-0.25, -0.2) is 4.99 Å². The zero-order chi connectivity index (χ0) is 18.0. The molecule has 128 valence electrons. The summed E-state index contributed by atoms with van der Waals surface area (Å²) in [5, 5.41) is 13.9. The molecule has 0 unspecified atom stereocenters. The summed E-state index contributed by atoms with van der Waals surface area (Å²) in [7, 11) is 1.46. The topological polar surface area (TPSA) is 70.9 Å². The fraction of sp³-hybridized carbons (Fsp3) is 0.0588. The minimum absolute atomic E-state index is 0.0332. The normalized spacial score (nSPS) is 17.2. The van der Waals surface area contributed by atoms with Crippen molar-refractivity contribution in [1.29, 1.82) is 0 Å².